The van der Waals surface area contributed by atoms with Crippen molar-refractivity contribution in [3.63, 3.8) is 0 Å². The second-order valence-electron chi connectivity index (χ2n) is 8.31. The number of carbonyl (C=O) groups excluding carboxylic acids is 2. The van der Waals surface area contributed by atoms with Crippen molar-refractivity contribution < 1.29 is 9.59 Å². The molecule has 0 saturated heterocycles. The van der Waals surface area contributed by atoms with E-state index < -0.39 is 11.5 Å². The Kier molecular flexibility index (Phi) is 5.08. The predicted octanol–water partition coefficient (Wildman–Crippen LogP) is 4.90. The molecule has 1 aromatic heterocycles. The van der Waals surface area contributed by atoms with Gasteiger partial charge >= 0.3 is 0 Å². The molecule has 2 aromatic carbocycles. The highest BCUT2D eigenvalue weighted by Crippen LogP contribution is 2.36. The minimum atomic E-state index is -0.547. The standard InChI is InChI=1S/C24H21ClN2O3/c1-24(2)12-18-19(20(28)13-24)14-27(17-9-4-3-5-10-17)23(30)21(18)22(29)26-16-8-6-7-15(25)11-16/h3-11,14H,12-13H2,1-2H3,(H,26,29). The van der Waals surface area contributed by atoms with E-state index in [1.807, 2.05) is 19.9 Å². The van der Waals surface area contributed by atoms with E-state index in [1.165, 1.54) is 4.57 Å². The monoisotopic (exact) mass is 420 g/mol. The predicted molar refractivity (Wildman–Crippen MR) is 118 cm³/mol. The normalized spacial score (nSPS) is 14.8. The number of nitrogens with zero attached hydrogens (tertiary/aromatic N) is 1. The average Bonchev–Trinajstić information content (AvgIpc) is 2.67. The number of aromatic nitrogens is 1. The lowest BCUT2D eigenvalue weighted by Gasteiger charge is -2.31. The molecule has 3 aromatic rings. The number of hydrogen-bond acceptors (Lipinski definition) is 3. The van der Waals surface area contributed by atoms with Gasteiger partial charge in [-0.1, -0.05) is 49.7 Å². The van der Waals surface area contributed by atoms with E-state index in [0.717, 1.165) is 0 Å². The maximum atomic E-state index is 13.4. The smallest absolute Gasteiger partial charge is 0.268 e. The zero-order chi connectivity index (χ0) is 21.5. The second-order valence-corrected chi connectivity index (χ2v) is 8.75. The topological polar surface area (TPSA) is 68.2 Å². The van der Waals surface area contributed by atoms with Crippen molar-refractivity contribution in [2.24, 2.45) is 5.41 Å². The van der Waals surface area contributed by atoms with Gasteiger partial charge < -0.3 is 5.32 Å². The average molecular weight is 421 g/mol. The number of hydrogen-bond donors (Lipinski definition) is 1. The molecule has 4 rings (SSSR count). The summed E-state index contributed by atoms with van der Waals surface area (Å²) in [4.78, 5) is 39.6. The highest BCUT2D eigenvalue weighted by atomic mass is 35.5. The van der Waals surface area contributed by atoms with Crippen LogP contribution in [0.15, 0.2) is 65.6 Å². The van der Waals surface area contributed by atoms with E-state index in [0.29, 0.717) is 40.4 Å². The summed E-state index contributed by atoms with van der Waals surface area (Å²) in [6, 6.07) is 15.7. The van der Waals surface area contributed by atoms with E-state index >= 15 is 0 Å². The molecule has 1 aliphatic rings. The molecule has 6 heteroatoms. The Labute approximate surface area is 179 Å². The Bertz CT molecular complexity index is 1210. The number of anilines is 1. The molecule has 0 fully saturated rings. The van der Waals surface area contributed by atoms with Gasteiger partial charge in [-0.2, -0.15) is 0 Å². The van der Waals surface area contributed by atoms with E-state index in [-0.39, 0.29) is 16.8 Å². The minimum Gasteiger partial charge on any atom is -0.322 e. The second kappa shape index (κ2) is 7.58. The first kappa shape index (κ1) is 20.1. The number of fused-ring (bicyclic) bond motifs is 1. The lowest BCUT2D eigenvalue weighted by Crippen LogP contribution is -2.37. The maximum Gasteiger partial charge on any atom is 0.268 e. The fourth-order valence-corrected chi connectivity index (χ4v) is 4.11. The van der Waals surface area contributed by atoms with Gasteiger partial charge in [-0.3, -0.25) is 19.0 Å². The van der Waals surface area contributed by atoms with Gasteiger partial charge in [0.1, 0.15) is 5.56 Å². The molecular formula is C24H21ClN2O3. The number of ketones is 1. The van der Waals surface area contributed by atoms with Crippen molar-refractivity contribution in [2.75, 3.05) is 5.32 Å². The molecule has 0 radical (unpaired) electrons. The highest BCUT2D eigenvalue weighted by molar-refractivity contribution is 6.31. The molecule has 5 nitrogen and oxygen atoms in total. The van der Waals surface area contributed by atoms with Crippen LogP contribution in [0.3, 0.4) is 0 Å². The van der Waals surface area contributed by atoms with Gasteiger partial charge in [0.15, 0.2) is 5.78 Å². The van der Waals surface area contributed by atoms with Crippen molar-refractivity contribution in [1.29, 1.82) is 0 Å². The summed E-state index contributed by atoms with van der Waals surface area (Å²) in [5.41, 5.74) is 1.22. The third-order valence-corrected chi connectivity index (χ3v) is 5.49. The summed E-state index contributed by atoms with van der Waals surface area (Å²) in [5.74, 6) is -0.614. The summed E-state index contributed by atoms with van der Waals surface area (Å²) < 4.78 is 1.38. The van der Waals surface area contributed by atoms with Crippen LogP contribution in [0.5, 0.6) is 0 Å². The first-order valence-electron chi connectivity index (χ1n) is 9.69. The first-order chi connectivity index (χ1) is 14.2. The molecule has 1 N–H and O–H groups in total. The fraction of sp³-hybridized carbons (Fsp3) is 0.208. The quantitative estimate of drug-likeness (QED) is 0.655. The van der Waals surface area contributed by atoms with Gasteiger partial charge in [-0.25, -0.2) is 0 Å². The summed E-state index contributed by atoms with van der Waals surface area (Å²) in [5, 5.41) is 3.24. The summed E-state index contributed by atoms with van der Waals surface area (Å²) in [6.45, 7) is 3.93. The Hall–Kier alpha value is -3.18. The molecule has 0 unspecified atom stereocenters. The van der Waals surface area contributed by atoms with Crippen LogP contribution in [-0.4, -0.2) is 16.3 Å². The number of amides is 1. The van der Waals surface area contributed by atoms with E-state index in [1.54, 1.807) is 54.7 Å². The van der Waals surface area contributed by atoms with Gasteiger partial charge in [0, 0.05) is 34.6 Å². The number of nitrogens with one attached hydrogen (secondary N) is 1. The fourth-order valence-electron chi connectivity index (χ4n) is 3.92. The third-order valence-electron chi connectivity index (χ3n) is 5.26. The molecule has 0 saturated carbocycles. The van der Waals surface area contributed by atoms with Crippen molar-refractivity contribution in [3.05, 3.63) is 92.9 Å². The summed E-state index contributed by atoms with van der Waals surface area (Å²) in [6.07, 6.45) is 2.40. The number of Topliss-reactive ketones (excluding diaryl/α,β-unsaturated/α-hetero) is 1. The van der Waals surface area contributed by atoms with E-state index in [9.17, 15) is 14.4 Å². The molecule has 1 heterocycles. The molecule has 152 valence electrons. The van der Waals surface area contributed by atoms with Gasteiger partial charge in [-0.15, -0.1) is 0 Å². The lowest BCUT2D eigenvalue weighted by molar-refractivity contribution is 0.0910. The van der Waals surface area contributed by atoms with Crippen LogP contribution in [0.4, 0.5) is 5.69 Å². The number of para-hydroxylation sites is 1. The Morgan fingerprint density at radius 1 is 1.03 bits per heavy atom. The molecule has 30 heavy (non-hydrogen) atoms. The lowest BCUT2D eigenvalue weighted by atomic mass is 9.73. The number of carbonyl (C=O) groups is 2. The van der Waals surface area contributed by atoms with Gasteiger partial charge in [0.25, 0.3) is 11.5 Å². The minimum absolute atomic E-state index is 0.00236. The van der Waals surface area contributed by atoms with Crippen molar-refractivity contribution >= 4 is 29.0 Å². The van der Waals surface area contributed by atoms with Crippen molar-refractivity contribution in [3.8, 4) is 5.69 Å². The van der Waals surface area contributed by atoms with E-state index in [4.69, 9.17) is 11.6 Å². The van der Waals surface area contributed by atoms with Crippen LogP contribution < -0.4 is 10.9 Å². The number of halogens is 1. The first-order valence-corrected chi connectivity index (χ1v) is 10.1. The molecule has 0 bridgehead atoms. The number of benzene rings is 2. The van der Waals surface area contributed by atoms with Gasteiger partial charge in [-0.05, 0) is 47.7 Å². The van der Waals surface area contributed by atoms with E-state index in [2.05, 4.69) is 5.32 Å². The highest BCUT2D eigenvalue weighted by Gasteiger charge is 2.36. The Balaban J connectivity index is 1.91. The molecular weight excluding hydrogens is 400 g/mol. The van der Waals surface area contributed by atoms with Crippen LogP contribution in [0, 0.1) is 5.41 Å². The van der Waals surface area contributed by atoms with Crippen LogP contribution in [0.25, 0.3) is 5.69 Å². The van der Waals surface area contributed by atoms with Gasteiger partial charge in [0.2, 0.25) is 0 Å². The SMILES string of the molecule is CC1(C)CC(=O)c2cn(-c3ccccc3)c(=O)c(C(=O)Nc3cccc(Cl)c3)c2C1. The third kappa shape index (κ3) is 3.81. The van der Waals surface area contributed by atoms with Crippen LogP contribution >= 0.6 is 11.6 Å². The van der Waals surface area contributed by atoms with Crippen molar-refractivity contribution in [2.45, 2.75) is 26.7 Å². The van der Waals surface area contributed by atoms with Gasteiger partial charge in [0.05, 0.1) is 0 Å². The largest absolute Gasteiger partial charge is 0.322 e. The summed E-state index contributed by atoms with van der Waals surface area (Å²) >= 11 is 6.02. The Morgan fingerprint density at radius 3 is 2.47 bits per heavy atom. The van der Waals surface area contributed by atoms with Crippen LogP contribution in [0.1, 0.15) is 46.5 Å². The zero-order valence-electron chi connectivity index (χ0n) is 16.7. The Morgan fingerprint density at radius 2 is 1.77 bits per heavy atom. The zero-order valence-corrected chi connectivity index (χ0v) is 17.5. The number of rotatable bonds is 3. The molecule has 0 atom stereocenters. The van der Waals surface area contributed by atoms with Crippen LogP contribution in [-0.2, 0) is 6.42 Å². The molecule has 0 aliphatic heterocycles. The maximum absolute atomic E-state index is 13.4. The number of pyridine rings is 1. The molecule has 1 aliphatic carbocycles. The molecule has 1 amide bonds. The summed E-state index contributed by atoms with van der Waals surface area (Å²) in [7, 11) is 0. The van der Waals surface area contributed by atoms with Crippen LogP contribution in [0.2, 0.25) is 5.02 Å². The molecule has 0 spiro atoms. The van der Waals surface area contributed by atoms with Crippen molar-refractivity contribution in [1.82, 2.24) is 4.57 Å².